The fraction of sp³-hybridized carbons (Fsp3) is 0.615. The monoisotopic (exact) mass is 204 g/mol. The van der Waals surface area contributed by atoms with E-state index in [2.05, 4.69) is 42.8 Å². The van der Waals surface area contributed by atoms with E-state index in [1.54, 1.807) is 0 Å². The van der Waals surface area contributed by atoms with Gasteiger partial charge in [-0.05, 0) is 30.4 Å². The topological polar surface area (TPSA) is 16.1 Å². The molecule has 0 aromatic carbocycles. The van der Waals surface area contributed by atoms with Crippen molar-refractivity contribution in [2.45, 2.75) is 39.7 Å². The second kappa shape index (κ2) is 3.84. The van der Waals surface area contributed by atoms with Crippen LogP contribution in [0.25, 0.3) is 0 Å². The van der Waals surface area contributed by atoms with Gasteiger partial charge in [0.1, 0.15) is 0 Å². The van der Waals surface area contributed by atoms with Crippen molar-refractivity contribution in [2.24, 2.45) is 5.41 Å². The van der Waals surface area contributed by atoms with Crippen molar-refractivity contribution >= 4 is 5.69 Å². The zero-order valence-corrected chi connectivity index (χ0v) is 9.90. The third-order valence-corrected chi connectivity index (χ3v) is 3.25. The summed E-state index contributed by atoms with van der Waals surface area (Å²) in [5.74, 6) is 0. The van der Waals surface area contributed by atoms with Crippen LogP contribution in [-0.4, -0.2) is 17.6 Å². The van der Waals surface area contributed by atoms with E-state index in [9.17, 15) is 0 Å². The molecule has 2 nitrogen and oxygen atoms in total. The predicted molar refractivity (Wildman–Crippen MR) is 64.1 cm³/mol. The van der Waals surface area contributed by atoms with Gasteiger partial charge in [0.2, 0.25) is 0 Å². The van der Waals surface area contributed by atoms with Crippen molar-refractivity contribution < 1.29 is 0 Å². The van der Waals surface area contributed by atoms with Crippen molar-refractivity contribution in [3.05, 3.63) is 24.5 Å². The summed E-state index contributed by atoms with van der Waals surface area (Å²) in [5.41, 5.74) is 1.68. The lowest BCUT2D eigenvalue weighted by molar-refractivity contribution is 0.320. The number of aromatic nitrogens is 1. The molecule has 1 aromatic heterocycles. The lowest BCUT2D eigenvalue weighted by atomic mass is 9.85. The maximum absolute atomic E-state index is 4.08. The largest absolute Gasteiger partial charge is 0.368 e. The fourth-order valence-electron chi connectivity index (χ4n) is 2.51. The number of pyridine rings is 1. The second-order valence-corrected chi connectivity index (χ2v) is 5.42. The molecule has 1 aliphatic heterocycles. The molecule has 2 rings (SSSR count). The van der Waals surface area contributed by atoms with Crippen LogP contribution in [-0.2, 0) is 0 Å². The Bertz CT molecular complexity index is 313. The predicted octanol–water partition coefficient (Wildman–Crippen LogP) is 3.10. The minimum atomic E-state index is 0.361. The first kappa shape index (κ1) is 10.5. The Balaban J connectivity index is 2.23. The molecule has 0 bridgehead atoms. The molecule has 0 amide bonds. The highest BCUT2D eigenvalue weighted by Crippen LogP contribution is 2.35. The molecule has 2 heteroatoms. The number of hydrogen-bond acceptors (Lipinski definition) is 2. The van der Waals surface area contributed by atoms with Gasteiger partial charge in [0.25, 0.3) is 0 Å². The zero-order valence-electron chi connectivity index (χ0n) is 9.90. The van der Waals surface area contributed by atoms with Crippen LogP contribution < -0.4 is 4.90 Å². The van der Waals surface area contributed by atoms with Gasteiger partial charge in [0, 0.05) is 30.7 Å². The molecule has 1 saturated heterocycles. The highest BCUT2D eigenvalue weighted by atomic mass is 15.2. The minimum absolute atomic E-state index is 0.361. The van der Waals surface area contributed by atoms with E-state index in [4.69, 9.17) is 0 Å². The summed E-state index contributed by atoms with van der Waals surface area (Å²) in [5, 5.41) is 0. The van der Waals surface area contributed by atoms with E-state index >= 15 is 0 Å². The number of rotatable bonds is 1. The average Bonchev–Trinajstić information content (AvgIpc) is 2.67. The lowest BCUT2D eigenvalue weighted by Crippen LogP contribution is -2.39. The molecule has 0 saturated carbocycles. The Morgan fingerprint density at radius 3 is 2.53 bits per heavy atom. The van der Waals surface area contributed by atoms with E-state index in [0.717, 1.165) is 0 Å². The van der Waals surface area contributed by atoms with Gasteiger partial charge in [0.05, 0.1) is 0 Å². The van der Waals surface area contributed by atoms with Crippen molar-refractivity contribution in [1.29, 1.82) is 0 Å². The first-order valence-corrected chi connectivity index (χ1v) is 5.76. The standard InChI is InChI=1S/C13H20N2/c1-13(2,3)12-5-4-10-15(12)11-6-8-14-9-7-11/h6-9,12H,4-5,10H2,1-3H3. The van der Waals surface area contributed by atoms with E-state index in [0.29, 0.717) is 11.5 Å². The van der Waals surface area contributed by atoms with Crippen molar-refractivity contribution in [2.75, 3.05) is 11.4 Å². The van der Waals surface area contributed by atoms with E-state index in [1.165, 1.54) is 25.1 Å². The normalized spacial score (nSPS) is 22.1. The number of nitrogens with zero attached hydrogens (tertiary/aromatic N) is 2. The highest BCUT2D eigenvalue weighted by molar-refractivity contribution is 5.47. The van der Waals surface area contributed by atoms with Crippen LogP contribution in [0.15, 0.2) is 24.5 Å². The van der Waals surface area contributed by atoms with Crippen LogP contribution in [0.4, 0.5) is 5.69 Å². The summed E-state index contributed by atoms with van der Waals surface area (Å²) < 4.78 is 0. The molecule has 0 aliphatic carbocycles. The van der Waals surface area contributed by atoms with E-state index < -0.39 is 0 Å². The third kappa shape index (κ3) is 2.14. The molecule has 1 aromatic rings. The van der Waals surface area contributed by atoms with Crippen LogP contribution in [0.1, 0.15) is 33.6 Å². The van der Waals surface area contributed by atoms with Gasteiger partial charge in [-0.25, -0.2) is 0 Å². The maximum atomic E-state index is 4.08. The van der Waals surface area contributed by atoms with Crippen LogP contribution in [0.3, 0.4) is 0 Å². The molecular weight excluding hydrogens is 184 g/mol. The van der Waals surface area contributed by atoms with E-state index in [1.807, 2.05) is 12.4 Å². The van der Waals surface area contributed by atoms with Crippen molar-refractivity contribution in [1.82, 2.24) is 4.98 Å². The molecule has 1 atom stereocenters. The van der Waals surface area contributed by atoms with Gasteiger partial charge in [-0.1, -0.05) is 20.8 Å². The first-order chi connectivity index (χ1) is 7.09. The molecule has 0 radical (unpaired) electrons. The van der Waals surface area contributed by atoms with Gasteiger partial charge in [-0.2, -0.15) is 0 Å². The minimum Gasteiger partial charge on any atom is -0.368 e. The second-order valence-electron chi connectivity index (χ2n) is 5.42. The fourth-order valence-corrected chi connectivity index (χ4v) is 2.51. The van der Waals surface area contributed by atoms with Gasteiger partial charge in [0.15, 0.2) is 0 Å². The molecule has 1 fully saturated rings. The zero-order chi connectivity index (χ0) is 10.9. The summed E-state index contributed by atoms with van der Waals surface area (Å²) >= 11 is 0. The molecule has 1 unspecified atom stereocenters. The smallest absolute Gasteiger partial charge is 0.0399 e. The maximum Gasteiger partial charge on any atom is 0.0399 e. The van der Waals surface area contributed by atoms with Crippen LogP contribution >= 0.6 is 0 Å². The Kier molecular flexibility index (Phi) is 2.68. The van der Waals surface area contributed by atoms with Gasteiger partial charge in [-0.3, -0.25) is 4.98 Å². The molecule has 1 aliphatic rings. The summed E-state index contributed by atoms with van der Waals surface area (Å²) in [6, 6.07) is 4.90. The summed E-state index contributed by atoms with van der Waals surface area (Å²) in [6.07, 6.45) is 6.39. The van der Waals surface area contributed by atoms with Crippen LogP contribution in [0, 0.1) is 5.41 Å². The van der Waals surface area contributed by atoms with Crippen LogP contribution in [0.5, 0.6) is 0 Å². The Morgan fingerprint density at radius 1 is 1.27 bits per heavy atom. The molecule has 2 heterocycles. The quantitative estimate of drug-likeness (QED) is 0.699. The Hall–Kier alpha value is -1.05. The van der Waals surface area contributed by atoms with E-state index in [-0.39, 0.29) is 0 Å². The summed E-state index contributed by atoms with van der Waals surface area (Å²) in [7, 11) is 0. The molecule has 0 N–H and O–H groups in total. The van der Waals surface area contributed by atoms with Crippen molar-refractivity contribution in [3.8, 4) is 0 Å². The molecule has 82 valence electrons. The third-order valence-electron chi connectivity index (χ3n) is 3.25. The molecule has 15 heavy (non-hydrogen) atoms. The van der Waals surface area contributed by atoms with Gasteiger partial charge >= 0.3 is 0 Å². The van der Waals surface area contributed by atoms with Gasteiger partial charge < -0.3 is 4.90 Å². The molecular formula is C13H20N2. The number of anilines is 1. The SMILES string of the molecule is CC(C)(C)C1CCCN1c1ccncc1. The number of hydrogen-bond donors (Lipinski definition) is 0. The molecule has 0 spiro atoms. The lowest BCUT2D eigenvalue weighted by Gasteiger charge is -2.36. The summed E-state index contributed by atoms with van der Waals surface area (Å²) in [6.45, 7) is 8.18. The van der Waals surface area contributed by atoms with Crippen LogP contribution in [0.2, 0.25) is 0 Å². The Morgan fingerprint density at radius 2 is 1.93 bits per heavy atom. The Labute approximate surface area is 92.3 Å². The van der Waals surface area contributed by atoms with Gasteiger partial charge in [-0.15, -0.1) is 0 Å². The highest BCUT2D eigenvalue weighted by Gasteiger charge is 2.33. The first-order valence-electron chi connectivity index (χ1n) is 5.76. The van der Waals surface area contributed by atoms with Crippen molar-refractivity contribution in [3.63, 3.8) is 0 Å². The summed E-state index contributed by atoms with van der Waals surface area (Å²) in [4.78, 5) is 6.61. The average molecular weight is 204 g/mol.